The summed E-state index contributed by atoms with van der Waals surface area (Å²) in [6.07, 6.45) is 0. The summed E-state index contributed by atoms with van der Waals surface area (Å²) in [6, 6.07) is 0.532. The molecule has 3 nitrogen and oxygen atoms in total. The van der Waals surface area contributed by atoms with E-state index in [1.807, 2.05) is 0 Å². The first-order valence-electron chi connectivity index (χ1n) is 3.70. The minimum absolute atomic E-state index is 0.532. The molecule has 0 unspecified atom stereocenters. The Labute approximate surface area is 62.1 Å². The molecule has 0 aromatic carbocycles. The van der Waals surface area contributed by atoms with Gasteiger partial charge in [-0.05, 0) is 20.6 Å². The summed E-state index contributed by atoms with van der Waals surface area (Å²) in [4.78, 5) is 2.19. The lowest BCUT2D eigenvalue weighted by atomic mass is 10.0. The van der Waals surface area contributed by atoms with Crippen LogP contribution in [0, 0.1) is 5.92 Å². The standard InChI is InChI=1S/C7H16N2O/c1-9(2)7-5-10-4-6(7)3-8/h6-7H,3-5,8H2,1-2H3/t6-,7-/m0/s1. The Morgan fingerprint density at radius 3 is 2.60 bits per heavy atom. The number of likely N-dealkylation sites (N-methyl/N-ethyl adjacent to an activating group) is 1. The van der Waals surface area contributed by atoms with Crippen LogP contribution in [0.5, 0.6) is 0 Å². The molecular weight excluding hydrogens is 128 g/mol. The van der Waals surface area contributed by atoms with Crippen molar-refractivity contribution in [1.82, 2.24) is 4.90 Å². The molecule has 1 rings (SSSR count). The van der Waals surface area contributed by atoms with Crippen molar-refractivity contribution in [3.63, 3.8) is 0 Å². The largest absolute Gasteiger partial charge is 0.379 e. The van der Waals surface area contributed by atoms with E-state index >= 15 is 0 Å². The van der Waals surface area contributed by atoms with Gasteiger partial charge in [0.1, 0.15) is 0 Å². The van der Waals surface area contributed by atoms with E-state index in [0.29, 0.717) is 12.0 Å². The van der Waals surface area contributed by atoms with Crippen molar-refractivity contribution in [2.24, 2.45) is 11.7 Å². The van der Waals surface area contributed by atoms with Gasteiger partial charge >= 0.3 is 0 Å². The summed E-state index contributed by atoms with van der Waals surface area (Å²) < 4.78 is 5.30. The third kappa shape index (κ3) is 1.48. The molecule has 1 aliphatic rings. The molecule has 0 saturated carbocycles. The molecule has 0 amide bonds. The Balaban J connectivity index is 2.42. The number of rotatable bonds is 2. The zero-order chi connectivity index (χ0) is 7.56. The molecule has 3 heteroatoms. The average Bonchev–Trinajstić information content (AvgIpc) is 2.33. The molecule has 0 aromatic heterocycles. The molecule has 60 valence electrons. The van der Waals surface area contributed by atoms with Crippen molar-refractivity contribution in [3.8, 4) is 0 Å². The van der Waals surface area contributed by atoms with Crippen LogP contribution >= 0.6 is 0 Å². The first-order chi connectivity index (χ1) is 4.75. The Morgan fingerprint density at radius 1 is 1.50 bits per heavy atom. The van der Waals surface area contributed by atoms with Gasteiger partial charge in [-0.3, -0.25) is 0 Å². The lowest BCUT2D eigenvalue weighted by Crippen LogP contribution is -2.37. The number of ether oxygens (including phenoxy) is 1. The molecule has 1 fully saturated rings. The third-order valence-electron chi connectivity index (χ3n) is 2.13. The molecule has 1 saturated heterocycles. The summed E-state index contributed by atoms with van der Waals surface area (Å²) in [5.41, 5.74) is 5.56. The second-order valence-electron chi connectivity index (χ2n) is 3.06. The first kappa shape index (κ1) is 7.98. The normalized spacial score (nSPS) is 33.6. The average molecular weight is 144 g/mol. The zero-order valence-corrected chi connectivity index (χ0v) is 6.71. The maximum atomic E-state index is 5.56. The smallest absolute Gasteiger partial charge is 0.0625 e. The van der Waals surface area contributed by atoms with E-state index in [-0.39, 0.29) is 0 Å². The molecule has 0 aliphatic carbocycles. The fourth-order valence-corrected chi connectivity index (χ4v) is 1.38. The second kappa shape index (κ2) is 3.32. The van der Waals surface area contributed by atoms with Crippen molar-refractivity contribution in [2.75, 3.05) is 33.9 Å². The van der Waals surface area contributed by atoms with Gasteiger partial charge in [-0.15, -0.1) is 0 Å². The van der Waals surface area contributed by atoms with E-state index in [0.717, 1.165) is 19.8 Å². The predicted molar refractivity (Wildman–Crippen MR) is 40.8 cm³/mol. The van der Waals surface area contributed by atoms with E-state index in [2.05, 4.69) is 19.0 Å². The van der Waals surface area contributed by atoms with E-state index in [4.69, 9.17) is 10.5 Å². The quantitative estimate of drug-likeness (QED) is 0.569. The van der Waals surface area contributed by atoms with Crippen LogP contribution in [0.1, 0.15) is 0 Å². The van der Waals surface area contributed by atoms with Crippen LogP contribution in [-0.2, 0) is 4.74 Å². The molecule has 2 atom stereocenters. The monoisotopic (exact) mass is 144 g/mol. The minimum atomic E-state index is 0.532. The van der Waals surface area contributed by atoms with Crippen LogP contribution in [0.25, 0.3) is 0 Å². The van der Waals surface area contributed by atoms with Gasteiger partial charge in [-0.2, -0.15) is 0 Å². The van der Waals surface area contributed by atoms with E-state index in [1.54, 1.807) is 0 Å². The van der Waals surface area contributed by atoms with Crippen molar-refractivity contribution in [3.05, 3.63) is 0 Å². The molecule has 0 radical (unpaired) electrons. The van der Waals surface area contributed by atoms with E-state index in [1.165, 1.54) is 0 Å². The molecule has 0 bridgehead atoms. The second-order valence-corrected chi connectivity index (χ2v) is 3.06. The van der Waals surface area contributed by atoms with Crippen LogP contribution in [-0.4, -0.2) is 44.8 Å². The van der Waals surface area contributed by atoms with Crippen LogP contribution in [0.2, 0.25) is 0 Å². The van der Waals surface area contributed by atoms with Gasteiger partial charge in [0.15, 0.2) is 0 Å². The summed E-state index contributed by atoms with van der Waals surface area (Å²) >= 11 is 0. The highest BCUT2D eigenvalue weighted by atomic mass is 16.5. The Bertz CT molecular complexity index is 106. The van der Waals surface area contributed by atoms with Gasteiger partial charge in [-0.1, -0.05) is 0 Å². The lowest BCUT2D eigenvalue weighted by Gasteiger charge is -2.22. The molecular formula is C7H16N2O. The Morgan fingerprint density at radius 2 is 2.20 bits per heavy atom. The van der Waals surface area contributed by atoms with E-state index in [9.17, 15) is 0 Å². The molecule has 2 N–H and O–H groups in total. The highest BCUT2D eigenvalue weighted by Gasteiger charge is 2.28. The SMILES string of the molecule is CN(C)[C@H]1COC[C@@H]1CN. The van der Waals surface area contributed by atoms with Crippen molar-refractivity contribution >= 4 is 0 Å². The van der Waals surface area contributed by atoms with Crippen LogP contribution in [0.15, 0.2) is 0 Å². The first-order valence-corrected chi connectivity index (χ1v) is 3.70. The van der Waals surface area contributed by atoms with Gasteiger partial charge in [0.05, 0.1) is 13.2 Å². The van der Waals surface area contributed by atoms with Crippen LogP contribution in [0.3, 0.4) is 0 Å². The molecule has 1 heterocycles. The number of nitrogens with zero attached hydrogens (tertiary/aromatic N) is 1. The van der Waals surface area contributed by atoms with Crippen LogP contribution in [0.4, 0.5) is 0 Å². The fourth-order valence-electron chi connectivity index (χ4n) is 1.38. The highest BCUT2D eigenvalue weighted by Crippen LogP contribution is 2.15. The highest BCUT2D eigenvalue weighted by molar-refractivity contribution is 4.81. The van der Waals surface area contributed by atoms with E-state index < -0.39 is 0 Å². The summed E-state index contributed by atoms with van der Waals surface area (Å²) in [6.45, 7) is 2.41. The maximum Gasteiger partial charge on any atom is 0.0625 e. The van der Waals surface area contributed by atoms with Crippen molar-refractivity contribution in [1.29, 1.82) is 0 Å². The molecule has 10 heavy (non-hydrogen) atoms. The lowest BCUT2D eigenvalue weighted by molar-refractivity contribution is 0.169. The van der Waals surface area contributed by atoms with Gasteiger partial charge in [0, 0.05) is 12.0 Å². The summed E-state index contributed by atoms with van der Waals surface area (Å²) in [5.74, 6) is 0.537. The predicted octanol–water partition coefficient (Wildman–Crippen LogP) is -0.478. The van der Waals surface area contributed by atoms with Crippen molar-refractivity contribution in [2.45, 2.75) is 6.04 Å². The van der Waals surface area contributed by atoms with Gasteiger partial charge in [0.25, 0.3) is 0 Å². The molecule has 0 spiro atoms. The number of nitrogens with two attached hydrogens (primary N) is 1. The van der Waals surface area contributed by atoms with Crippen molar-refractivity contribution < 1.29 is 4.74 Å². The Hall–Kier alpha value is -0.120. The third-order valence-corrected chi connectivity index (χ3v) is 2.13. The molecule has 0 aromatic rings. The van der Waals surface area contributed by atoms with Gasteiger partial charge in [0.2, 0.25) is 0 Å². The fraction of sp³-hybridized carbons (Fsp3) is 1.00. The van der Waals surface area contributed by atoms with Gasteiger partial charge < -0.3 is 15.4 Å². The Kier molecular flexibility index (Phi) is 2.65. The molecule has 1 aliphatic heterocycles. The summed E-state index contributed by atoms with van der Waals surface area (Å²) in [7, 11) is 4.14. The maximum absolute atomic E-state index is 5.56. The summed E-state index contributed by atoms with van der Waals surface area (Å²) in [5, 5.41) is 0. The topological polar surface area (TPSA) is 38.5 Å². The zero-order valence-electron chi connectivity index (χ0n) is 6.71. The van der Waals surface area contributed by atoms with Crippen LogP contribution < -0.4 is 5.73 Å². The number of hydrogen-bond acceptors (Lipinski definition) is 3. The number of hydrogen-bond donors (Lipinski definition) is 1. The minimum Gasteiger partial charge on any atom is -0.379 e. The van der Waals surface area contributed by atoms with Gasteiger partial charge in [-0.25, -0.2) is 0 Å².